The second-order valence-corrected chi connectivity index (χ2v) is 6.67. The first kappa shape index (κ1) is 14.4. The van der Waals surface area contributed by atoms with Crippen molar-refractivity contribution < 1.29 is 4.74 Å². The lowest BCUT2D eigenvalue weighted by molar-refractivity contribution is 0.146. The Morgan fingerprint density at radius 2 is 1.84 bits per heavy atom. The average Bonchev–Trinajstić information content (AvgIpc) is 2.64. The predicted octanol–water partition coefficient (Wildman–Crippen LogP) is 3.97. The van der Waals surface area contributed by atoms with E-state index in [1.54, 1.807) is 0 Å². The van der Waals surface area contributed by atoms with Crippen molar-refractivity contribution in [3.8, 4) is 5.75 Å². The topological polar surface area (TPSA) is 21.3 Å². The molecule has 1 aromatic carbocycles. The SMILES string of the molecule is CNC1C(Oc2ccc(C(C)C)cc2)CCC1(C)C. The van der Waals surface area contributed by atoms with Crippen LogP contribution in [0.4, 0.5) is 0 Å². The highest BCUT2D eigenvalue weighted by Crippen LogP contribution is 2.39. The van der Waals surface area contributed by atoms with E-state index in [2.05, 4.69) is 57.3 Å². The van der Waals surface area contributed by atoms with Gasteiger partial charge in [0.05, 0.1) is 0 Å². The summed E-state index contributed by atoms with van der Waals surface area (Å²) in [6, 6.07) is 8.99. The lowest BCUT2D eigenvalue weighted by atomic mass is 9.87. The molecule has 0 aromatic heterocycles. The molecule has 2 rings (SSSR count). The van der Waals surface area contributed by atoms with Crippen LogP contribution in [-0.2, 0) is 0 Å². The minimum atomic E-state index is 0.282. The van der Waals surface area contributed by atoms with Crippen LogP contribution in [0.15, 0.2) is 24.3 Å². The number of ether oxygens (including phenoxy) is 1. The van der Waals surface area contributed by atoms with Crippen LogP contribution >= 0.6 is 0 Å². The summed E-state index contributed by atoms with van der Waals surface area (Å²) in [6.07, 6.45) is 2.63. The summed E-state index contributed by atoms with van der Waals surface area (Å²) in [5.74, 6) is 1.57. The summed E-state index contributed by atoms with van der Waals surface area (Å²) in [5, 5.41) is 3.43. The zero-order chi connectivity index (χ0) is 14.0. The fraction of sp³-hybridized carbons (Fsp3) is 0.647. The molecule has 0 amide bonds. The first-order valence-corrected chi connectivity index (χ1v) is 7.38. The number of hydrogen-bond acceptors (Lipinski definition) is 2. The average molecular weight is 261 g/mol. The minimum absolute atomic E-state index is 0.282. The van der Waals surface area contributed by atoms with Gasteiger partial charge in [0, 0.05) is 6.04 Å². The normalized spacial score (nSPS) is 25.8. The summed E-state index contributed by atoms with van der Waals surface area (Å²) >= 11 is 0. The molecule has 0 spiro atoms. The Bertz CT molecular complexity index is 408. The Morgan fingerprint density at radius 3 is 2.37 bits per heavy atom. The number of benzene rings is 1. The molecule has 0 heterocycles. The lowest BCUT2D eigenvalue weighted by Crippen LogP contribution is -2.44. The first-order chi connectivity index (χ1) is 8.94. The van der Waals surface area contributed by atoms with E-state index in [1.165, 1.54) is 12.0 Å². The molecule has 1 fully saturated rings. The minimum Gasteiger partial charge on any atom is -0.489 e. The Morgan fingerprint density at radius 1 is 1.21 bits per heavy atom. The zero-order valence-electron chi connectivity index (χ0n) is 12.9. The van der Waals surface area contributed by atoms with E-state index in [0.29, 0.717) is 17.4 Å². The standard InChI is InChI=1S/C17H27NO/c1-12(2)13-6-8-14(9-7-13)19-15-10-11-17(3,4)16(15)18-5/h6-9,12,15-16,18H,10-11H2,1-5H3. The van der Waals surface area contributed by atoms with E-state index in [0.717, 1.165) is 12.2 Å². The van der Waals surface area contributed by atoms with E-state index in [-0.39, 0.29) is 6.10 Å². The maximum atomic E-state index is 6.19. The van der Waals surface area contributed by atoms with Gasteiger partial charge in [-0.1, -0.05) is 39.8 Å². The summed E-state index contributed by atoms with van der Waals surface area (Å²) in [4.78, 5) is 0. The molecule has 0 bridgehead atoms. The molecule has 1 aliphatic rings. The molecule has 1 aliphatic carbocycles. The third-order valence-corrected chi connectivity index (χ3v) is 4.43. The van der Waals surface area contributed by atoms with Crippen molar-refractivity contribution in [2.75, 3.05) is 7.05 Å². The van der Waals surface area contributed by atoms with Gasteiger partial charge < -0.3 is 10.1 Å². The fourth-order valence-corrected chi connectivity index (χ4v) is 3.15. The van der Waals surface area contributed by atoms with Crippen molar-refractivity contribution >= 4 is 0 Å². The van der Waals surface area contributed by atoms with Crippen LogP contribution in [0.5, 0.6) is 5.75 Å². The number of hydrogen-bond donors (Lipinski definition) is 1. The molecule has 1 aromatic rings. The molecule has 2 heteroatoms. The predicted molar refractivity (Wildman–Crippen MR) is 80.8 cm³/mol. The van der Waals surface area contributed by atoms with Gasteiger partial charge >= 0.3 is 0 Å². The molecular formula is C17H27NO. The van der Waals surface area contributed by atoms with Crippen LogP contribution < -0.4 is 10.1 Å². The van der Waals surface area contributed by atoms with Crippen molar-refractivity contribution in [3.05, 3.63) is 29.8 Å². The highest BCUT2D eigenvalue weighted by molar-refractivity contribution is 5.29. The molecule has 106 valence electrons. The fourth-order valence-electron chi connectivity index (χ4n) is 3.15. The summed E-state index contributed by atoms with van der Waals surface area (Å²) in [5.41, 5.74) is 1.68. The molecular weight excluding hydrogens is 234 g/mol. The van der Waals surface area contributed by atoms with Gasteiger partial charge in [-0.05, 0) is 48.9 Å². The Hall–Kier alpha value is -1.02. The molecule has 0 saturated heterocycles. The van der Waals surface area contributed by atoms with E-state index < -0.39 is 0 Å². The second kappa shape index (κ2) is 5.54. The van der Waals surface area contributed by atoms with Crippen molar-refractivity contribution in [1.82, 2.24) is 5.32 Å². The molecule has 2 atom stereocenters. The van der Waals surface area contributed by atoms with Gasteiger partial charge in [-0.3, -0.25) is 0 Å². The molecule has 2 nitrogen and oxygen atoms in total. The van der Waals surface area contributed by atoms with E-state index >= 15 is 0 Å². The van der Waals surface area contributed by atoms with Crippen molar-refractivity contribution in [2.24, 2.45) is 5.41 Å². The monoisotopic (exact) mass is 261 g/mol. The number of nitrogens with one attached hydrogen (secondary N) is 1. The highest BCUT2D eigenvalue weighted by Gasteiger charge is 2.42. The lowest BCUT2D eigenvalue weighted by Gasteiger charge is -2.30. The largest absolute Gasteiger partial charge is 0.489 e. The second-order valence-electron chi connectivity index (χ2n) is 6.67. The van der Waals surface area contributed by atoms with Crippen LogP contribution in [0.2, 0.25) is 0 Å². The van der Waals surface area contributed by atoms with Crippen LogP contribution in [0.1, 0.15) is 52.0 Å². The molecule has 0 radical (unpaired) electrons. The van der Waals surface area contributed by atoms with Gasteiger partial charge in [0.2, 0.25) is 0 Å². The maximum absolute atomic E-state index is 6.19. The molecule has 1 saturated carbocycles. The van der Waals surface area contributed by atoms with Crippen LogP contribution in [-0.4, -0.2) is 19.2 Å². The Kier molecular flexibility index (Phi) is 4.19. The van der Waals surface area contributed by atoms with Gasteiger partial charge in [-0.2, -0.15) is 0 Å². The van der Waals surface area contributed by atoms with E-state index in [1.807, 2.05) is 7.05 Å². The third-order valence-electron chi connectivity index (χ3n) is 4.43. The van der Waals surface area contributed by atoms with Crippen molar-refractivity contribution in [1.29, 1.82) is 0 Å². The van der Waals surface area contributed by atoms with Gasteiger partial charge in [-0.15, -0.1) is 0 Å². The molecule has 0 aliphatic heterocycles. The van der Waals surface area contributed by atoms with Gasteiger partial charge in [0.15, 0.2) is 0 Å². The first-order valence-electron chi connectivity index (χ1n) is 7.38. The van der Waals surface area contributed by atoms with Crippen LogP contribution in [0, 0.1) is 5.41 Å². The molecule has 19 heavy (non-hydrogen) atoms. The smallest absolute Gasteiger partial charge is 0.119 e. The van der Waals surface area contributed by atoms with E-state index in [4.69, 9.17) is 4.74 Å². The van der Waals surface area contributed by atoms with Crippen LogP contribution in [0.25, 0.3) is 0 Å². The van der Waals surface area contributed by atoms with Crippen molar-refractivity contribution in [2.45, 2.75) is 58.6 Å². The van der Waals surface area contributed by atoms with E-state index in [9.17, 15) is 0 Å². The molecule has 1 N–H and O–H groups in total. The number of likely N-dealkylation sites (N-methyl/N-ethyl adjacent to an activating group) is 1. The third kappa shape index (κ3) is 3.11. The number of rotatable bonds is 4. The Labute approximate surface area is 117 Å². The van der Waals surface area contributed by atoms with Crippen molar-refractivity contribution in [3.63, 3.8) is 0 Å². The Balaban J connectivity index is 2.05. The maximum Gasteiger partial charge on any atom is 0.119 e. The summed E-state index contributed by atoms with van der Waals surface area (Å²) in [6.45, 7) is 9.07. The van der Waals surface area contributed by atoms with Gasteiger partial charge in [0.1, 0.15) is 11.9 Å². The zero-order valence-corrected chi connectivity index (χ0v) is 12.9. The van der Waals surface area contributed by atoms with Gasteiger partial charge in [-0.25, -0.2) is 0 Å². The van der Waals surface area contributed by atoms with Gasteiger partial charge in [0.25, 0.3) is 0 Å². The quantitative estimate of drug-likeness (QED) is 0.885. The highest BCUT2D eigenvalue weighted by atomic mass is 16.5. The summed E-state index contributed by atoms with van der Waals surface area (Å²) in [7, 11) is 2.04. The van der Waals surface area contributed by atoms with Crippen LogP contribution in [0.3, 0.4) is 0 Å². The summed E-state index contributed by atoms with van der Waals surface area (Å²) < 4.78 is 6.19. The molecule has 2 unspecified atom stereocenters.